The lowest BCUT2D eigenvalue weighted by Crippen LogP contribution is -1.95. The van der Waals surface area contributed by atoms with Crippen LogP contribution < -0.4 is 0 Å². The maximum Gasteiger partial charge on any atom is 0.0781 e. The molecule has 0 atom stereocenters. The van der Waals surface area contributed by atoms with Crippen molar-refractivity contribution in [1.82, 2.24) is 14.1 Å². The quantitative estimate of drug-likeness (QED) is 0.194. The van der Waals surface area contributed by atoms with Gasteiger partial charge in [-0.05, 0) is 83.2 Å². The molecule has 0 aliphatic heterocycles. The number of pyridine rings is 1. The van der Waals surface area contributed by atoms with E-state index in [1.165, 1.54) is 65.8 Å². The molecule has 48 heavy (non-hydrogen) atoms. The smallest absolute Gasteiger partial charge is 0.0781 e. The van der Waals surface area contributed by atoms with Crippen molar-refractivity contribution in [3.63, 3.8) is 0 Å². The third-order valence-electron chi connectivity index (χ3n) is 9.74. The highest BCUT2D eigenvalue weighted by molar-refractivity contribution is 6.12. The largest absolute Gasteiger partial charge is 0.309 e. The summed E-state index contributed by atoms with van der Waals surface area (Å²) in [5.74, 6) is 0. The molecule has 10 aromatic rings. The molecule has 3 heteroatoms. The van der Waals surface area contributed by atoms with Gasteiger partial charge in [0, 0.05) is 50.1 Å². The number of hydrogen-bond donors (Lipinski definition) is 0. The van der Waals surface area contributed by atoms with Crippen LogP contribution in [0.3, 0.4) is 0 Å². The molecule has 0 saturated heterocycles. The molecular weight excluding hydrogens is 583 g/mol. The predicted octanol–water partition coefficient (Wildman–Crippen LogP) is 11.8. The highest BCUT2D eigenvalue weighted by Gasteiger charge is 2.16. The van der Waals surface area contributed by atoms with Gasteiger partial charge in [0.25, 0.3) is 0 Å². The fourth-order valence-corrected chi connectivity index (χ4v) is 7.58. The van der Waals surface area contributed by atoms with Crippen molar-refractivity contribution in [3.05, 3.63) is 176 Å². The summed E-state index contributed by atoms with van der Waals surface area (Å²) in [7, 11) is 0. The molecule has 10 rings (SSSR count). The molecule has 0 amide bonds. The molecule has 3 heterocycles. The van der Waals surface area contributed by atoms with E-state index in [2.05, 4.69) is 179 Å². The van der Waals surface area contributed by atoms with Crippen LogP contribution in [-0.2, 0) is 0 Å². The lowest BCUT2D eigenvalue weighted by atomic mass is 10.0. The summed E-state index contributed by atoms with van der Waals surface area (Å²) < 4.78 is 4.76. The number of fused-ring (bicyclic) bond motifs is 7. The minimum atomic E-state index is 1.00. The minimum Gasteiger partial charge on any atom is -0.309 e. The van der Waals surface area contributed by atoms with Crippen LogP contribution in [0.5, 0.6) is 0 Å². The van der Waals surface area contributed by atoms with Gasteiger partial charge < -0.3 is 9.13 Å². The average Bonchev–Trinajstić information content (AvgIpc) is 3.67. The molecule has 0 bridgehead atoms. The van der Waals surface area contributed by atoms with Crippen LogP contribution in [0.15, 0.2) is 176 Å². The van der Waals surface area contributed by atoms with Gasteiger partial charge in [-0.2, -0.15) is 0 Å². The molecule has 0 saturated carbocycles. The first-order valence-corrected chi connectivity index (χ1v) is 16.4. The second kappa shape index (κ2) is 10.5. The van der Waals surface area contributed by atoms with Gasteiger partial charge in [0.15, 0.2) is 0 Å². The molecule has 3 nitrogen and oxygen atoms in total. The average molecular weight is 612 g/mol. The Kier molecular flexibility index (Phi) is 5.87. The van der Waals surface area contributed by atoms with Crippen LogP contribution in [0.2, 0.25) is 0 Å². The Morgan fingerprint density at radius 3 is 1.56 bits per heavy atom. The van der Waals surface area contributed by atoms with E-state index < -0.39 is 0 Å². The van der Waals surface area contributed by atoms with Gasteiger partial charge >= 0.3 is 0 Å². The molecule has 0 N–H and O–H groups in total. The summed E-state index contributed by atoms with van der Waals surface area (Å²) in [6.45, 7) is 0. The zero-order chi connectivity index (χ0) is 31.6. The first-order chi connectivity index (χ1) is 23.8. The van der Waals surface area contributed by atoms with Crippen molar-refractivity contribution in [1.29, 1.82) is 0 Å². The van der Waals surface area contributed by atoms with E-state index in [-0.39, 0.29) is 0 Å². The monoisotopic (exact) mass is 611 g/mol. The first-order valence-electron chi connectivity index (χ1n) is 16.4. The number of para-hydroxylation sites is 3. The lowest BCUT2D eigenvalue weighted by molar-refractivity contribution is 1.18. The molecule has 3 aromatic heterocycles. The fraction of sp³-hybridized carbons (Fsp3) is 0. The molecular formula is C45H29N3. The molecule has 0 aliphatic carbocycles. The van der Waals surface area contributed by atoms with E-state index >= 15 is 0 Å². The van der Waals surface area contributed by atoms with Crippen LogP contribution in [0.4, 0.5) is 0 Å². The van der Waals surface area contributed by atoms with Crippen LogP contribution in [-0.4, -0.2) is 14.1 Å². The zero-order valence-corrected chi connectivity index (χ0v) is 26.1. The molecule has 0 radical (unpaired) electrons. The topological polar surface area (TPSA) is 22.8 Å². The number of benzene rings is 7. The Morgan fingerprint density at radius 1 is 0.333 bits per heavy atom. The van der Waals surface area contributed by atoms with Crippen molar-refractivity contribution in [2.45, 2.75) is 0 Å². The second-order valence-electron chi connectivity index (χ2n) is 12.4. The molecule has 0 spiro atoms. The lowest BCUT2D eigenvalue weighted by Gasteiger charge is -2.11. The summed E-state index contributed by atoms with van der Waals surface area (Å²) in [6.07, 6.45) is 1.91. The van der Waals surface area contributed by atoms with Crippen molar-refractivity contribution in [3.8, 4) is 33.8 Å². The number of hydrogen-bond acceptors (Lipinski definition) is 1. The number of rotatable bonds is 4. The van der Waals surface area contributed by atoms with Crippen molar-refractivity contribution in [2.24, 2.45) is 0 Å². The van der Waals surface area contributed by atoms with E-state index in [1.54, 1.807) is 0 Å². The Balaban J connectivity index is 1.14. The number of aromatic nitrogens is 3. The van der Waals surface area contributed by atoms with Crippen molar-refractivity contribution >= 4 is 54.4 Å². The van der Waals surface area contributed by atoms with E-state index in [4.69, 9.17) is 4.98 Å². The summed E-state index contributed by atoms with van der Waals surface area (Å²) in [6, 6.07) is 61.2. The van der Waals surface area contributed by atoms with Crippen LogP contribution >= 0.6 is 0 Å². The van der Waals surface area contributed by atoms with Crippen LogP contribution in [0, 0.1) is 0 Å². The summed E-state index contributed by atoms with van der Waals surface area (Å²) in [5, 5.41) is 7.35. The third kappa shape index (κ3) is 4.04. The molecule has 224 valence electrons. The third-order valence-corrected chi connectivity index (χ3v) is 9.74. The molecule has 0 unspecified atom stereocenters. The molecule has 0 aliphatic rings. The van der Waals surface area contributed by atoms with E-state index in [0.717, 1.165) is 22.3 Å². The molecule has 7 aromatic carbocycles. The first kappa shape index (κ1) is 26.7. The van der Waals surface area contributed by atoms with Gasteiger partial charge in [0.2, 0.25) is 0 Å². The Hall–Kier alpha value is -6.45. The molecule has 0 fully saturated rings. The second-order valence-corrected chi connectivity index (χ2v) is 12.4. The van der Waals surface area contributed by atoms with Crippen LogP contribution in [0.1, 0.15) is 0 Å². The van der Waals surface area contributed by atoms with Crippen molar-refractivity contribution in [2.75, 3.05) is 0 Å². The standard InChI is InChI=1S/C45H29N3/c1-2-13-34(14-3-1)47-41-19-8-6-17-37(41)39-28-31(21-23-43(39)47)32-22-24-44-40(29-32)38-18-7-9-20-42(38)48(44)35-15-10-12-33(27-35)45-36-16-5-4-11-30(36)25-26-46-45/h1-29H. The van der Waals surface area contributed by atoms with Gasteiger partial charge in [-0.15, -0.1) is 0 Å². The SMILES string of the molecule is c1ccc(-n2c3ccccc3c3cc(-c4ccc5c(c4)c4ccccc4n5-c4cccc(-c5nccc6ccccc56)c4)ccc32)cc1. The van der Waals surface area contributed by atoms with Crippen LogP contribution in [0.25, 0.3) is 88.1 Å². The Bertz CT molecular complexity index is 2830. The maximum atomic E-state index is 4.82. The van der Waals surface area contributed by atoms with Gasteiger partial charge in [-0.25, -0.2) is 0 Å². The number of nitrogens with zero attached hydrogens (tertiary/aromatic N) is 3. The van der Waals surface area contributed by atoms with E-state index in [1.807, 2.05) is 6.20 Å². The minimum absolute atomic E-state index is 1.00. The highest BCUT2D eigenvalue weighted by atomic mass is 15.0. The Labute approximate surface area is 277 Å². The van der Waals surface area contributed by atoms with E-state index in [9.17, 15) is 0 Å². The normalized spacial score (nSPS) is 11.8. The van der Waals surface area contributed by atoms with Crippen molar-refractivity contribution < 1.29 is 0 Å². The van der Waals surface area contributed by atoms with Gasteiger partial charge in [0.1, 0.15) is 0 Å². The predicted molar refractivity (Wildman–Crippen MR) is 201 cm³/mol. The highest BCUT2D eigenvalue weighted by Crippen LogP contribution is 2.39. The van der Waals surface area contributed by atoms with E-state index in [0.29, 0.717) is 0 Å². The zero-order valence-electron chi connectivity index (χ0n) is 26.1. The van der Waals surface area contributed by atoms with Gasteiger partial charge in [-0.1, -0.05) is 103 Å². The summed E-state index contributed by atoms with van der Waals surface area (Å²) in [4.78, 5) is 4.82. The van der Waals surface area contributed by atoms with Gasteiger partial charge in [-0.3, -0.25) is 4.98 Å². The summed E-state index contributed by atoms with van der Waals surface area (Å²) >= 11 is 0. The summed E-state index contributed by atoms with van der Waals surface area (Å²) in [5.41, 5.74) is 11.6. The maximum absolute atomic E-state index is 4.82. The Morgan fingerprint density at radius 2 is 0.875 bits per heavy atom. The van der Waals surface area contributed by atoms with Gasteiger partial charge in [0.05, 0.1) is 27.8 Å². The fourth-order valence-electron chi connectivity index (χ4n) is 7.58.